The Kier molecular flexibility index (Phi) is 6.93. The molecule has 1 unspecified atom stereocenters. The van der Waals surface area contributed by atoms with Crippen molar-refractivity contribution < 1.29 is 23.8 Å². The van der Waals surface area contributed by atoms with Crippen molar-refractivity contribution in [3.8, 4) is 17.2 Å². The van der Waals surface area contributed by atoms with Crippen molar-refractivity contribution in [3.05, 3.63) is 83.4 Å². The first-order valence-electron chi connectivity index (χ1n) is 12.0. The molecule has 3 N–H and O–H groups in total. The zero-order valence-corrected chi connectivity index (χ0v) is 20.1. The first-order valence-corrected chi connectivity index (χ1v) is 12.0. The summed E-state index contributed by atoms with van der Waals surface area (Å²) in [4.78, 5) is 25.7. The zero-order valence-electron chi connectivity index (χ0n) is 20.1. The number of ether oxygens (including phenoxy) is 3. The Labute approximate surface area is 209 Å². The second-order valence-corrected chi connectivity index (χ2v) is 8.93. The van der Waals surface area contributed by atoms with Crippen LogP contribution in [-0.2, 0) is 11.3 Å². The van der Waals surface area contributed by atoms with Gasteiger partial charge in [0.25, 0.3) is 5.91 Å². The Hall–Kier alpha value is -4.20. The van der Waals surface area contributed by atoms with Gasteiger partial charge < -0.3 is 30.2 Å². The van der Waals surface area contributed by atoms with E-state index in [4.69, 9.17) is 14.2 Å². The Bertz CT molecular complexity index is 1240. The van der Waals surface area contributed by atoms with Crippen molar-refractivity contribution in [1.82, 2.24) is 10.6 Å². The van der Waals surface area contributed by atoms with Crippen molar-refractivity contribution >= 4 is 17.5 Å². The molecular weight excluding hydrogens is 458 g/mol. The zero-order chi connectivity index (χ0) is 24.9. The van der Waals surface area contributed by atoms with Crippen LogP contribution >= 0.6 is 0 Å². The van der Waals surface area contributed by atoms with Gasteiger partial charge in [-0.15, -0.1) is 0 Å². The normalized spacial score (nSPS) is 14.6. The second-order valence-electron chi connectivity index (χ2n) is 8.93. The molecule has 0 aromatic heterocycles. The molecule has 1 aliphatic carbocycles. The number of nitrogens with one attached hydrogen (secondary N) is 3. The monoisotopic (exact) mass is 487 g/mol. The summed E-state index contributed by atoms with van der Waals surface area (Å²) in [5.41, 5.74) is 3.04. The van der Waals surface area contributed by atoms with Crippen LogP contribution in [0.5, 0.6) is 17.2 Å². The fourth-order valence-corrected chi connectivity index (χ4v) is 4.28. The van der Waals surface area contributed by atoms with Gasteiger partial charge in [0, 0.05) is 12.2 Å². The van der Waals surface area contributed by atoms with E-state index in [9.17, 15) is 9.59 Å². The van der Waals surface area contributed by atoms with Crippen molar-refractivity contribution in [3.63, 3.8) is 0 Å². The molecule has 0 bridgehead atoms. The van der Waals surface area contributed by atoms with E-state index in [0.29, 0.717) is 35.2 Å². The smallest absolute Gasteiger partial charge is 0.253 e. The van der Waals surface area contributed by atoms with Gasteiger partial charge in [0.15, 0.2) is 11.5 Å². The Morgan fingerprint density at radius 1 is 1.00 bits per heavy atom. The fraction of sp³-hybridized carbons (Fsp3) is 0.286. The summed E-state index contributed by atoms with van der Waals surface area (Å²) < 4.78 is 16.0. The topological polar surface area (TPSA) is 97.9 Å². The highest BCUT2D eigenvalue weighted by molar-refractivity contribution is 6.00. The lowest BCUT2D eigenvalue weighted by molar-refractivity contribution is -0.120. The molecule has 2 amide bonds. The van der Waals surface area contributed by atoms with Crippen LogP contribution < -0.4 is 30.2 Å². The Balaban J connectivity index is 1.18. The Morgan fingerprint density at radius 3 is 2.56 bits per heavy atom. The summed E-state index contributed by atoms with van der Waals surface area (Å²) in [6, 6.07) is 20.5. The minimum atomic E-state index is -0.231. The van der Waals surface area contributed by atoms with Gasteiger partial charge >= 0.3 is 0 Å². The van der Waals surface area contributed by atoms with Crippen LogP contribution in [0, 0.1) is 5.92 Å². The van der Waals surface area contributed by atoms with Gasteiger partial charge in [-0.2, -0.15) is 0 Å². The predicted molar refractivity (Wildman–Crippen MR) is 135 cm³/mol. The van der Waals surface area contributed by atoms with Crippen LogP contribution in [0.25, 0.3) is 0 Å². The van der Waals surface area contributed by atoms with Crippen molar-refractivity contribution in [2.45, 2.75) is 25.4 Å². The van der Waals surface area contributed by atoms with Crippen LogP contribution in [0.15, 0.2) is 66.7 Å². The van der Waals surface area contributed by atoms with Crippen LogP contribution in [0.2, 0.25) is 0 Å². The highest BCUT2D eigenvalue weighted by Gasteiger charge is 2.33. The van der Waals surface area contributed by atoms with Crippen LogP contribution in [-0.4, -0.2) is 32.3 Å². The van der Waals surface area contributed by atoms with Gasteiger partial charge in [0.1, 0.15) is 5.75 Å². The summed E-state index contributed by atoms with van der Waals surface area (Å²) in [7, 11) is 1.64. The first kappa shape index (κ1) is 23.5. The number of hydrogen-bond donors (Lipinski definition) is 3. The SMILES string of the molecule is COc1ccc(C(NC(=O)CNc2ccccc2C(=O)NCc2ccc3c(c2)OCO3)C2CC2)cc1. The number of rotatable bonds is 10. The maximum Gasteiger partial charge on any atom is 0.253 e. The summed E-state index contributed by atoms with van der Waals surface area (Å²) in [5.74, 6) is 2.25. The van der Waals surface area contributed by atoms with Crippen molar-refractivity contribution in [2.24, 2.45) is 5.92 Å². The molecular formula is C28H29N3O5. The van der Waals surface area contributed by atoms with E-state index in [-0.39, 0.29) is 31.2 Å². The van der Waals surface area contributed by atoms with Crippen molar-refractivity contribution in [2.75, 3.05) is 25.8 Å². The van der Waals surface area contributed by atoms with E-state index in [2.05, 4.69) is 16.0 Å². The van der Waals surface area contributed by atoms with Gasteiger partial charge in [0.2, 0.25) is 12.7 Å². The fourth-order valence-electron chi connectivity index (χ4n) is 4.28. The molecule has 3 aromatic rings. The number of carbonyl (C=O) groups excluding carboxylic acids is 2. The van der Waals surface area contributed by atoms with Crippen LogP contribution in [0.1, 0.15) is 40.4 Å². The average Bonchev–Trinajstić information content (AvgIpc) is 3.65. The minimum Gasteiger partial charge on any atom is -0.497 e. The number of benzene rings is 3. The summed E-state index contributed by atoms with van der Waals surface area (Å²) >= 11 is 0. The standard InChI is InChI=1S/C28H29N3O5/c1-34-21-11-9-20(10-12-21)27(19-7-8-19)31-26(32)16-29-23-5-3-2-4-22(23)28(33)30-15-18-6-13-24-25(14-18)36-17-35-24/h2-6,9-14,19,27,29H,7-8,15-17H2,1H3,(H,30,33)(H,31,32). The molecule has 8 heteroatoms. The molecule has 5 rings (SSSR count). The van der Waals surface area contributed by atoms with Gasteiger partial charge in [-0.1, -0.05) is 30.3 Å². The summed E-state index contributed by atoms with van der Waals surface area (Å²) in [6.45, 7) is 0.611. The molecule has 1 aliphatic heterocycles. The Morgan fingerprint density at radius 2 is 1.78 bits per heavy atom. The number of fused-ring (bicyclic) bond motifs is 1. The molecule has 0 radical (unpaired) electrons. The first-order chi connectivity index (χ1) is 17.6. The molecule has 2 aliphatic rings. The molecule has 1 atom stereocenters. The maximum atomic E-state index is 12.9. The average molecular weight is 488 g/mol. The number of amides is 2. The molecule has 8 nitrogen and oxygen atoms in total. The lowest BCUT2D eigenvalue weighted by atomic mass is 10.0. The molecule has 0 spiro atoms. The van der Waals surface area contributed by atoms with E-state index < -0.39 is 0 Å². The van der Waals surface area contributed by atoms with Crippen LogP contribution in [0.4, 0.5) is 5.69 Å². The van der Waals surface area contributed by atoms with Gasteiger partial charge in [-0.25, -0.2) is 0 Å². The molecule has 1 saturated carbocycles. The molecule has 3 aromatic carbocycles. The lowest BCUT2D eigenvalue weighted by Gasteiger charge is -2.20. The van der Waals surface area contributed by atoms with E-state index >= 15 is 0 Å². The van der Waals surface area contributed by atoms with Gasteiger partial charge in [-0.05, 0) is 66.3 Å². The molecule has 36 heavy (non-hydrogen) atoms. The molecule has 1 heterocycles. The number of carbonyl (C=O) groups is 2. The minimum absolute atomic E-state index is 0.0366. The largest absolute Gasteiger partial charge is 0.497 e. The second kappa shape index (κ2) is 10.6. The summed E-state index contributed by atoms with van der Waals surface area (Å²) in [6.07, 6.45) is 2.19. The number of hydrogen-bond acceptors (Lipinski definition) is 6. The van der Waals surface area contributed by atoms with Gasteiger partial charge in [-0.3, -0.25) is 9.59 Å². The van der Waals surface area contributed by atoms with E-state index in [0.717, 1.165) is 29.7 Å². The molecule has 1 fully saturated rings. The third-order valence-electron chi connectivity index (χ3n) is 6.39. The maximum absolute atomic E-state index is 12.9. The third kappa shape index (κ3) is 5.54. The quantitative estimate of drug-likeness (QED) is 0.400. The van der Waals surface area contributed by atoms with E-state index in [1.807, 2.05) is 48.5 Å². The molecule has 0 saturated heterocycles. The van der Waals surface area contributed by atoms with E-state index in [1.165, 1.54) is 0 Å². The van der Waals surface area contributed by atoms with Crippen LogP contribution in [0.3, 0.4) is 0 Å². The lowest BCUT2D eigenvalue weighted by Crippen LogP contribution is -2.34. The predicted octanol–water partition coefficient (Wildman–Crippen LogP) is 4.03. The summed E-state index contributed by atoms with van der Waals surface area (Å²) in [5, 5.41) is 9.22. The third-order valence-corrected chi connectivity index (χ3v) is 6.39. The highest BCUT2D eigenvalue weighted by atomic mass is 16.7. The number of methoxy groups -OCH3 is 1. The van der Waals surface area contributed by atoms with Gasteiger partial charge in [0.05, 0.1) is 25.3 Å². The van der Waals surface area contributed by atoms with E-state index in [1.54, 1.807) is 25.3 Å². The molecule has 186 valence electrons. The number of anilines is 1. The number of para-hydroxylation sites is 1. The van der Waals surface area contributed by atoms with Crippen molar-refractivity contribution in [1.29, 1.82) is 0 Å². The highest BCUT2D eigenvalue weighted by Crippen LogP contribution is 2.41.